The summed E-state index contributed by atoms with van der Waals surface area (Å²) in [5, 5.41) is 9.43. The second-order valence-corrected chi connectivity index (χ2v) is 8.05. The SMILES string of the molecule is C=C1C(N2CCN(c3ccc(O)cn3)CC2)CCCN1Cc1ccc(C)c(F)c1. The predicted octanol–water partition coefficient (Wildman–Crippen LogP) is 3.54. The van der Waals surface area contributed by atoms with Crippen molar-refractivity contribution in [2.24, 2.45) is 0 Å². The Morgan fingerprint density at radius 3 is 2.62 bits per heavy atom. The Morgan fingerprint density at radius 2 is 1.93 bits per heavy atom. The molecule has 1 N–H and O–H groups in total. The molecule has 1 atom stereocenters. The topological polar surface area (TPSA) is 42.8 Å². The third-order valence-corrected chi connectivity index (χ3v) is 6.12. The minimum Gasteiger partial charge on any atom is -0.506 e. The largest absolute Gasteiger partial charge is 0.506 e. The van der Waals surface area contributed by atoms with Gasteiger partial charge in [0.05, 0.1) is 6.20 Å². The van der Waals surface area contributed by atoms with E-state index >= 15 is 0 Å². The maximum Gasteiger partial charge on any atom is 0.134 e. The lowest BCUT2D eigenvalue weighted by Gasteiger charge is -2.45. The highest BCUT2D eigenvalue weighted by atomic mass is 19.1. The van der Waals surface area contributed by atoms with Gasteiger partial charge in [0.2, 0.25) is 0 Å². The Hall–Kier alpha value is -2.60. The van der Waals surface area contributed by atoms with Crippen molar-refractivity contribution < 1.29 is 9.50 Å². The Labute approximate surface area is 172 Å². The monoisotopic (exact) mass is 396 g/mol. The molecule has 3 heterocycles. The fourth-order valence-electron chi connectivity index (χ4n) is 4.35. The number of hydrogen-bond donors (Lipinski definition) is 1. The van der Waals surface area contributed by atoms with Gasteiger partial charge in [-0.2, -0.15) is 0 Å². The van der Waals surface area contributed by atoms with Gasteiger partial charge in [-0.05, 0) is 49.1 Å². The number of aromatic nitrogens is 1. The van der Waals surface area contributed by atoms with Crippen LogP contribution in [0.4, 0.5) is 10.2 Å². The minimum atomic E-state index is -0.138. The Morgan fingerprint density at radius 1 is 1.14 bits per heavy atom. The molecule has 2 saturated heterocycles. The summed E-state index contributed by atoms with van der Waals surface area (Å²) in [6.07, 6.45) is 3.74. The zero-order chi connectivity index (χ0) is 20.4. The molecule has 2 aliphatic heterocycles. The van der Waals surface area contributed by atoms with Gasteiger partial charge in [-0.25, -0.2) is 9.37 Å². The first-order chi connectivity index (χ1) is 14.0. The van der Waals surface area contributed by atoms with Crippen molar-refractivity contribution in [3.63, 3.8) is 0 Å². The van der Waals surface area contributed by atoms with E-state index in [9.17, 15) is 9.50 Å². The molecule has 0 aliphatic carbocycles. The van der Waals surface area contributed by atoms with Crippen LogP contribution in [-0.2, 0) is 6.54 Å². The number of rotatable bonds is 4. The van der Waals surface area contributed by atoms with E-state index in [0.717, 1.165) is 62.6 Å². The number of pyridine rings is 1. The number of anilines is 1. The van der Waals surface area contributed by atoms with Gasteiger partial charge >= 0.3 is 0 Å². The van der Waals surface area contributed by atoms with Crippen LogP contribution in [0.15, 0.2) is 48.8 Å². The van der Waals surface area contributed by atoms with Crippen molar-refractivity contribution in [1.82, 2.24) is 14.8 Å². The number of piperidine rings is 1. The van der Waals surface area contributed by atoms with E-state index in [4.69, 9.17) is 0 Å². The summed E-state index contributed by atoms with van der Waals surface area (Å²) < 4.78 is 13.9. The molecule has 0 bridgehead atoms. The second-order valence-electron chi connectivity index (χ2n) is 8.05. The van der Waals surface area contributed by atoms with E-state index in [0.29, 0.717) is 18.2 Å². The molecular formula is C23H29FN4O. The van der Waals surface area contributed by atoms with Crippen molar-refractivity contribution in [3.05, 3.63) is 65.7 Å². The number of nitrogens with zero attached hydrogens (tertiary/aromatic N) is 4. The number of aryl methyl sites for hydroxylation is 1. The molecule has 0 amide bonds. The molecule has 1 aromatic carbocycles. The molecule has 0 saturated carbocycles. The Kier molecular flexibility index (Phi) is 5.72. The van der Waals surface area contributed by atoms with Gasteiger partial charge in [0.15, 0.2) is 0 Å². The van der Waals surface area contributed by atoms with Crippen LogP contribution in [0.25, 0.3) is 0 Å². The number of likely N-dealkylation sites (tertiary alicyclic amines) is 1. The summed E-state index contributed by atoms with van der Waals surface area (Å²) in [6.45, 7) is 11.6. The highest BCUT2D eigenvalue weighted by molar-refractivity contribution is 5.41. The van der Waals surface area contributed by atoms with E-state index in [1.54, 1.807) is 19.1 Å². The van der Waals surface area contributed by atoms with Gasteiger partial charge < -0.3 is 14.9 Å². The lowest BCUT2D eigenvalue weighted by molar-refractivity contribution is 0.133. The van der Waals surface area contributed by atoms with E-state index in [2.05, 4.69) is 26.3 Å². The smallest absolute Gasteiger partial charge is 0.134 e. The third kappa shape index (κ3) is 4.37. The van der Waals surface area contributed by atoms with Crippen LogP contribution in [-0.4, -0.2) is 58.7 Å². The zero-order valence-electron chi connectivity index (χ0n) is 17.0. The lowest BCUT2D eigenvalue weighted by atomic mass is 9.98. The first-order valence-corrected chi connectivity index (χ1v) is 10.3. The molecule has 2 fully saturated rings. The summed E-state index contributed by atoms with van der Waals surface area (Å²) in [5.74, 6) is 0.966. The van der Waals surface area contributed by atoms with Gasteiger partial charge in [-0.3, -0.25) is 4.90 Å². The Balaban J connectivity index is 1.37. The van der Waals surface area contributed by atoms with Gasteiger partial charge in [-0.15, -0.1) is 0 Å². The molecule has 154 valence electrons. The first kappa shape index (κ1) is 19.7. The van der Waals surface area contributed by atoms with Crippen LogP contribution in [0.1, 0.15) is 24.0 Å². The fourth-order valence-corrected chi connectivity index (χ4v) is 4.35. The van der Waals surface area contributed by atoms with Crippen LogP contribution in [0, 0.1) is 12.7 Å². The Bertz CT molecular complexity index is 862. The molecule has 1 aromatic heterocycles. The maximum absolute atomic E-state index is 13.9. The number of piperazine rings is 1. The fraction of sp³-hybridized carbons (Fsp3) is 0.435. The molecule has 1 unspecified atom stereocenters. The maximum atomic E-state index is 13.9. The molecule has 29 heavy (non-hydrogen) atoms. The van der Waals surface area contributed by atoms with Crippen LogP contribution in [0.3, 0.4) is 0 Å². The van der Waals surface area contributed by atoms with Crippen molar-refractivity contribution >= 4 is 5.82 Å². The average Bonchev–Trinajstić information content (AvgIpc) is 2.73. The normalized spacial score (nSPS) is 20.9. The molecule has 2 aliphatic rings. The van der Waals surface area contributed by atoms with Crippen molar-refractivity contribution in [2.75, 3.05) is 37.6 Å². The lowest BCUT2D eigenvalue weighted by Crippen LogP contribution is -2.54. The molecule has 6 heteroatoms. The molecule has 4 rings (SSSR count). The standard InChI is InChI=1S/C23H29FN4O/c1-17-5-6-19(14-21(17)24)16-28-9-3-4-22(18(28)2)26-10-12-27(13-11-26)23-8-7-20(29)15-25-23/h5-8,14-15,22,29H,2-4,9-13,16H2,1H3. The van der Waals surface area contributed by atoms with Crippen LogP contribution in [0.5, 0.6) is 5.75 Å². The van der Waals surface area contributed by atoms with Crippen LogP contribution in [0.2, 0.25) is 0 Å². The summed E-state index contributed by atoms with van der Waals surface area (Å²) in [5.41, 5.74) is 2.83. The minimum absolute atomic E-state index is 0.138. The zero-order valence-corrected chi connectivity index (χ0v) is 17.0. The van der Waals surface area contributed by atoms with Gasteiger partial charge in [-0.1, -0.05) is 18.7 Å². The molecule has 5 nitrogen and oxygen atoms in total. The molecule has 0 spiro atoms. The van der Waals surface area contributed by atoms with Crippen LogP contribution >= 0.6 is 0 Å². The van der Waals surface area contributed by atoms with Gasteiger partial charge in [0.25, 0.3) is 0 Å². The summed E-state index contributed by atoms with van der Waals surface area (Å²) >= 11 is 0. The highest BCUT2D eigenvalue weighted by Gasteiger charge is 2.31. The second kappa shape index (κ2) is 8.41. The van der Waals surface area contributed by atoms with Gasteiger partial charge in [0, 0.05) is 51.0 Å². The van der Waals surface area contributed by atoms with E-state index in [1.807, 2.05) is 18.2 Å². The first-order valence-electron chi connectivity index (χ1n) is 10.3. The van der Waals surface area contributed by atoms with Crippen molar-refractivity contribution in [2.45, 2.75) is 32.4 Å². The summed E-state index contributed by atoms with van der Waals surface area (Å²) in [7, 11) is 0. The van der Waals surface area contributed by atoms with E-state index < -0.39 is 0 Å². The van der Waals surface area contributed by atoms with E-state index in [-0.39, 0.29) is 11.6 Å². The number of halogens is 1. The molecule has 2 aromatic rings. The third-order valence-electron chi connectivity index (χ3n) is 6.12. The number of hydrogen-bond acceptors (Lipinski definition) is 5. The number of aromatic hydroxyl groups is 1. The average molecular weight is 397 g/mol. The van der Waals surface area contributed by atoms with Gasteiger partial charge in [0.1, 0.15) is 17.4 Å². The molecular weight excluding hydrogens is 367 g/mol. The highest BCUT2D eigenvalue weighted by Crippen LogP contribution is 2.28. The summed E-state index contributed by atoms with van der Waals surface area (Å²) in [4.78, 5) is 11.4. The molecule has 0 radical (unpaired) electrons. The van der Waals surface area contributed by atoms with Crippen LogP contribution < -0.4 is 4.90 Å². The van der Waals surface area contributed by atoms with E-state index in [1.165, 1.54) is 6.20 Å². The van der Waals surface area contributed by atoms with Crippen molar-refractivity contribution in [3.8, 4) is 5.75 Å². The number of benzene rings is 1. The quantitative estimate of drug-likeness (QED) is 0.856. The summed E-state index contributed by atoms with van der Waals surface area (Å²) in [6, 6.07) is 9.41. The van der Waals surface area contributed by atoms with Crippen molar-refractivity contribution in [1.29, 1.82) is 0 Å². The predicted molar refractivity (Wildman–Crippen MR) is 113 cm³/mol.